The molecule has 6 rings (SSSR count). The summed E-state index contributed by atoms with van der Waals surface area (Å²) in [6.45, 7) is 0. The monoisotopic (exact) mass is 473 g/mol. The minimum absolute atomic E-state index is 0.0370. The zero-order chi connectivity index (χ0) is 24.5. The van der Waals surface area contributed by atoms with Crippen molar-refractivity contribution in [3.8, 4) is 5.75 Å². The van der Waals surface area contributed by atoms with E-state index in [-0.39, 0.29) is 17.9 Å². The Morgan fingerprint density at radius 1 is 0.694 bits per heavy atom. The normalized spacial score (nSPS) is 18.3. The van der Waals surface area contributed by atoms with Crippen molar-refractivity contribution in [2.24, 2.45) is 0 Å². The number of imide groups is 1. The molecule has 0 bridgehead atoms. The summed E-state index contributed by atoms with van der Waals surface area (Å²) < 4.78 is 6.48. The van der Waals surface area contributed by atoms with Crippen LogP contribution in [0.5, 0.6) is 5.75 Å². The van der Waals surface area contributed by atoms with Crippen LogP contribution < -0.4 is 10.1 Å². The van der Waals surface area contributed by atoms with Crippen molar-refractivity contribution in [2.75, 3.05) is 0 Å². The summed E-state index contributed by atoms with van der Waals surface area (Å²) in [7, 11) is 0. The maximum absolute atomic E-state index is 12.2. The van der Waals surface area contributed by atoms with Crippen LogP contribution in [-0.2, 0) is 12.8 Å². The molecule has 0 unspecified atom stereocenters. The standard InChI is InChI=1S/C32H27NO3/c34-31-28-12-6-9-23(30(28)32(35)33-31)16-13-21-14-17-24(18-15-21)36-29-20-19-25(22-7-2-1-3-8-22)26-10-4-5-11-27(26)29/h1-12,14-15,17-18,25,29H,13,16,19-20H2,(H,33,34,35)/t25-,29-/m1/s1. The highest BCUT2D eigenvalue weighted by Crippen LogP contribution is 2.42. The van der Waals surface area contributed by atoms with Crippen LogP contribution in [0.4, 0.5) is 0 Å². The lowest BCUT2D eigenvalue weighted by molar-refractivity contribution is 0.0879. The smallest absolute Gasteiger partial charge is 0.259 e. The summed E-state index contributed by atoms with van der Waals surface area (Å²) >= 11 is 0. The van der Waals surface area contributed by atoms with Gasteiger partial charge in [0.1, 0.15) is 11.9 Å². The van der Waals surface area contributed by atoms with E-state index in [1.165, 1.54) is 16.7 Å². The Kier molecular flexibility index (Phi) is 5.86. The number of hydrogen-bond acceptors (Lipinski definition) is 3. The first-order valence-electron chi connectivity index (χ1n) is 12.5. The minimum Gasteiger partial charge on any atom is -0.486 e. The lowest BCUT2D eigenvalue weighted by atomic mass is 9.77. The molecule has 178 valence electrons. The van der Waals surface area contributed by atoms with Crippen LogP contribution >= 0.6 is 0 Å². The summed E-state index contributed by atoms with van der Waals surface area (Å²) in [6, 6.07) is 33.1. The third-order valence-electron chi connectivity index (χ3n) is 7.37. The maximum atomic E-state index is 12.2. The summed E-state index contributed by atoms with van der Waals surface area (Å²) in [6.07, 6.45) is 3.54. The minimum atomic E-state index is -0.308. The summed E-state index contributed by atoms with van der Waals surface area (Å²) in [5.74, 6) is 0.665. The Bertz CT molecular complexity index is 1430. The number of benzene rings is 4. The molecule has 0 aromatic heterocycles. The second kappa shape index (κ2) is 9.46. The van der Waals surface area contributed by atoms with E-state index in [1.54, 1.807) is 6.07 Å². The summed E-state index contributed by atoms with van der Waals surface area (Å²) in [4.78, 5) is 24.1. The van der Waals surface area contributed by atoms with Gasteiger partial charge in [0.2, 0.25) is 0 Å². The first-order chi connectivity index (χ1) is 17.7. The van der Waals surface area contributed by atoms with E-state index in [0.29, 0.717) is 23.5 Å². The molecule has 0 saturated heterocycles. The van der Waals surface area contributed by atoms with Gasteiger partial charge in [0.05, 0.1) is 11.1 Å². The molecular formula is C32H27NO3. The van der Waals surface area contributed by atoms with Crippen LogP contribution in [0.15, 0.2) is 97.1 Å². The molecule has 2 amide bonds. The van der Waals surface area contributed by atoms with E-state index >= 15 is 0 Å². The third-order valence-corrected chi connectivity index (χ3v) is 7.37. The molecule has 36 heavy (non-hydrogen) atoms. The molecule has 1 aliphatic carbocycles. The molecule has 4 nitrogen and oxygen atoms in total. The van der Waals surface area contributed by atoms with Gasteiger partial charge in [0.15, 0.2) is 0 Å². The van der Waals surface area contributed by atoms with Crippen molar-refractivity contribution in [3.63, 3.8) is 0 Å². The highest BCUT2D eigenvalue weighted by molar-refractivity contribution is 6.22. The third kappa shape index (κ3) is 4.20. The molecule has 0 spiro atoms. The Balaban J connectivity index is 1.15. The van der Waals surface area contributed by atoms with E-state index in [4.69, 9.17) is 4.74 Å². The zero-order valence-electron chi connectivity index (χ0n) is 19.9. The molecule has 4 heteroatoms. The molecule has 1 heterocycles. The van der Waals surface area contributed by atoms with E-state index < -0.39 is 0 Å². The topological polar surface area (TPSA) is 55.4 Å². The SMILES string of the molecule is O=C1NC(=O)c2c(CCc3ccc(O[C@@H]4CC[C@H](c5ccccc5)c5ccccc54)cc3)cccc21. The lowest BCUT2D eigenvalue weighted by Gasteiger charge is -2.32. The van der Waals surface area contributed by atoms with E-state index in [2.05, 4.69) is 72.0 Å². The predicted molar refractivity (Wildman–Crippen MR) is 139 cm³/mol. The number of fused-ring (bicyclic) bond motifs is 2. The van der Waals surface area contributed by atoms with Gasteiger partial charge in [0, 0.05) is 5.92 Å². The second-order valence-electron chi connectivity index (χ2n) is 9.54. The van der Waals surface area contributed by atoms with Crippen molar-refractivity contribution in [1.29, 1.82) is 0 Å². The maximum Gasteiger partial charge on any atom is 0.259 e. The molecule has 2 atom stereocenters. The summed E-state index contributed by atoms with van der Waals surface area (Å²) in [5, 5.41) is 2.39. The van der Waals surface area contributed by atoms with E-state index in [1.807, 2.05) is 24.3 Å². The van der Waals surface area contributed by atoms with Crippen LogP contribution in [0.3, 0.4) is 0 Å². The number of ether oxygens (including phenoxy) is 1. The number of aryl methyl sites for hydroxylation is 2. The summed E-state index contributed by atoms with van der Waals surface area (Å²) in [5.41, 5.74) is 7.05. The van der Waals surface area contributed by atoms with Gasteiger partial charge < -0.3 is 4.74 Å². The van der Waals surface area contributed by atoms with Crippen LogP contribution in [0.25, 0.3) is 0 Å². The number of carbonyl (C=O) groups is 2. The van der Waals surface area contributed by atoms with Gasteiger partial charge in [0.25, 0.3) is 11.8 Å². The Morgan fingerprint density at radius 2 is 1.44 bits per heavy atom. The van der Waals surface area contributed by atoms with Crippen LogP contribution in [0, 0.1) is 0 Å². The molecule has 0 radical (unpaired) electrons. The Hall–Kier alpha value is -4.18. The van der Waals surface area contributed by atoms with E-state index in [9.17, 15) is 9.59 Å². The van der Waals surface area contributed by atoms with Crippen molar-refractivity contribution < 1.29 is 14.3 Å². The van der Waals surface area contributed by atoms with Crippen LogP contribution in [0.2, 0.25) is 0 Å². The number of hydrogen-bond donors (Lipinski definition) is 1. The zero-order valence-corrected chi connectivity index (χ0v) is 19.9. The van der Waals surface area contributed by atoms with Crippen molar-refractivity contribution >= 4 is 11.8 Å². The number of amides is 2. The quantitative estimate of drug-likeness (QED) is 0.330. The van der Waals surface area contributed by atoms with Crippen LogP contribution in [0.1, 0.15) is 73.4 Å². The van der Waals surface area contributed by atoms with Gasteiger partial charge in [-0.05, 0) is 71.7 Å². The first-order valence-corrected chi connectivity index (χ1v) is 12.5. The highest BCUT2D eigenvalue weighted by atomic mass is 16.5. The lowest BCUT2D eigenvalue weighted by Crippen LogP contribution is -2.20. The fourth-order valence-corrected chi connectivity index (χ4v) is 5.58. The van der Waals surface area contributed by atoms with Gasteiger partial charge in [-0.15, -0.1) is 0 Å². The average molecular weight is 474 g/mol. The predicted octanol–water partition coefficient (Wildman–Crippen LogP) is 6.40. The highest BCUT2D eigenvalue weighted by Gasteiger charge is 2.30. The van der Waals surface area contributed by atoms with Crippen molar-refractivity contribution in [2.45, 2.75) is 37.7 Å². The van der Waals surface area contributed by atoms with Crippen molar-refractivity contribution in [3.05, 3.63) is 136 Å². The molecule has 2 aliphatic rings. The fourth-order valence-electron chi connectivity index (χ4n) is 5.58. The van der Waals surface area contributed by atoms with E-state index in [0.717, 1.165) is 36.1 Å². The molecule has 0 fully saturated rings. The van der Waals surface area contributed by atoms with Gasteiger partial charge in [-0.1, -0.05) is 78.9 Å². The molecule has 1 N–H and O–H groups in total. The molecule has 4 aromatic rings. The van der Waals surface area contributed by atoms with Gasteiger partial charge in [-0.2, -0.15) is 0 Å². The Morgan fingerprint density at radius 3 is 2.25 bits per heavy atom. The molecule has 4 aromatic carbocycles. The second-order valence-corrected chi connectivity index (χ2v) is 9.54. The largest absolute Gasteiger partial charge is 0.486 e. The molecular weight excluding hydrogens is 446 g/mol. The fraction of sp³-hybridized carbons (Fsp3) is 0.188. The average Bonchev–Trinajstić information content (AvgIpc) is 3.22. The first kappa shape index (κ1) is 22.3. The Labute approximate surface area is 210 Å². The van der Waals surface area contributed by atoms with Gasteiger partial charge in [-0.25, -0.2) is 0 Å². The van der Waals surface area contributed by atoms with Crippen molar-refractivity contribution in [1.82, 2.24) is 5.32 Å². The number of rotatable bonds is 6. The molecule has 1 aliphatic heterocycles. The van der Waals surface area contributed by atoms with Gasteiger partial charge >= 0.3 is 0 Å². The number of nitrogens with one attached hydrogen (secondary N) is 1. The van der Waals surface area contributed by atoms with Crippen LogP contribution in [-0.4, -0.2) is 11.8 Å². The van der Waals surface area contributed by atoms with Gasteiger partial charge in [-0.3, -0.25) is 14.9 Å². The molecule has 0 saturated carbocycles. The number of carbonyl (C=O) groups excluding carboxylic acids is 2.